The second kappa shape index (κ2) is 11.3. The van der Waals surface area contributed by atoms with E-state index in [-0.39, 0.29) is 5.91 Å². The van der Waals surface area contributed by atoms with E-state index in [0.29, 0.717) is 6.42 Å². The predicted octanol–water partition coefficient (Wildman–Crippen LogP) is 2.14. The third-order valence-corrected chi connectivity index (χ3v) is 3.44. The summed E-state index contributed by atoms with van der Waals surface area (Å²) in [6.45, 7) is 3.42. The molecular formula is C17H29N3O. The maximum absolute atomic E-state index is 11.6. The zero-order valence-corrected chi connectivity index (χ0v) is 13.2. The van der Waals surface area contributed by atoms with Gasteiger partial charge in [-0.15, -0.1) is 0 Å². The minimum Gasteiger partial charge on any atom is -0.356 e. The van der Waals surface area contributed by atoms with Gasteiger partial charge in [0.1, 0.15) is 0 Å². The lowest BCUT2D eigenvalue weighted by Gasteiger charge is -2.16. The molecule has 0 fully saturated rings. The molecule has 1 aromatic carbocycles. The Bertz CT molecular complexity index is 381. The van der Waals surface area contributed by atoms with Crippen molar-refractivity contribution in [3.63, 3.8) is 0 Å². The van der Waals surface area contributed by atoms with Crippen LogP contribution in [0.15, 0.2) is 30.3 Å². The van der Waals surface area contributed by atoms with E-state index in [9.17, 15) is 4.79 Å². The number of amides is 1. The fourth-order valence-electron chi connectivity index (χ4n) is 2.25. The van der Waals surface area contributed by atoms with Crippen molar-refractivity contribution in [1.82, 2.24) is 10.2 Å². The molecule has 0 saturated carbocycles. The smallest absolute Gasteiger partial charge is 0.219 e. The molecule has 1 amide bonds. The summed E-state index contributed by atoms with van der Waals surface area (Å²) in [6, 6.07) is 10.4. The summed E-state index contributed by atoms with van der Waals surface area (Å²) < 4.78 is 0. The quantitative estimate of drug-likeness (QED) is 0.614. The first kappa shape index (κ1) is 17.7. The van der Waals surface area contributed by atoms with Gasteiger partial charge in [-0.1, -0.05) is 36.8 Å². The fraction of sp³-hybridized carbons (Fsp3) is 0.588. The Hall–Kier alpha value is -1.39. The SMILES string of the molecule is CN(CCCNC(=O)CCCCCN)Cc1ccccc1. The van der Waals surface area contributed by atoms with E-state index in [1.54, 1.807) is 0 Å². The Morgan fingerprint density at radius 1 is 1.14 bits per heavy atom. The lowest BCUT2D eigenvalue weighted by molar-refractivity contribution is -0.121. The second-order valence-electron chi connectivity index (χ2n) is 5.53. The minimum atomic E-state index is 0.165. The van der Waals surface area contributed by atoms with Crippen molar-refractivity contribution in [3.05, 3.63) is 35.9 Å². The van der Waals surface area contributed by atoms with Gasteiger partial charge in [0.25, 0.3) is 0 Å². The number of nitrogens with one attached hydrogen (secondary N) is 1. The lowest BCUT2D eigenvalue weighted by Crippen LogP contribution is -2.27. The molecule has 3 N–H and O–H groups in total. The molecule has 0 radical (unpaired) electrons. The van der Waals surface area contributed by atoms with Gasteiger partial charge < -0.3 is 16.0 Å². The highest BCUT2D eigenvalue weighted by molar-refractivity contribution is 5.75. The molecule has 0 unspecified atom stereocenters. The van der Waals surface area contributed by atoms with Gasteiger partial charge in [0.2, 0.25) is 5.91 Å². The summed E-state index contributed by atoms with van der Waals surface area (Å²) in [5, 5.41) is 2.98. The number of hydrogen-bond acceptors (Lipinski definition) is 3. The molecule has 1 aromatic rings. The van der Waals surface area contributed by atoms with Crippen LogP contribution in [-0.2, 0) is 11.3 Å². The van der Waals surface area contributed by atoms with Crippen LogP contribution in [0.2, 0.25) is 0 Å². The molecule has 0 heterocycles. The fourth-order valence-corrected chi connectivity index (χ4v) is 2.25. The minimum absolute atomic E-state index is 0.165. The summed E-state index contributed by atoms with van der Waals surface area (Å²) in [5.74, 6) is 0.165. The van der Waals surface area contributed by atoms with Crippen LogP contribution in [0.3, 0.4) is 0 Å². The average Bonchev–Trinajstić information content (AvgIpc) is 2.49. The monoisotopic (exact) mass is 291 g/mol. The highest BCUT2D eigenvalue weighted by Gasteiger charge is 2.02. The van der Waals surface area contributed by atoms with E-state index in [4.69, 9.17) is 5.73 Å². The normalized spacial score (nSPS) is 10.8. The predicted molar refractivity (Wildman–Crippen MR) is 87.9 cm³/mol. The standard InChI is InChI=1S/C17H29N3O/c1-20(15-16-9-4-2-5-10-16)14-8-13-19-17(21)11-6-3-7-12-18/h2,4-5,9-10H,3,6-8,11-15,18H2,1H3,(H,19,21). The van der Waals surface area contributed by atoms with Gasteiger partial charge in [-0.05, 0) is 45.0 Å². The molecule has 21 heavy (non-hydrogen) atoms. The molecule has 0 saturated heterocycles. The van der Waals surface area contributed by atoms with E-state index in [1.807, 2.05) is 6.07 Å². The summed E-state index contributed by atoms with van der Waals surface area (Å²) >= 11 is 0. The molecule has 1 rings (SSSR count). The molecule has 0 aliphatic heterocycles. The van der Waals surface area contributed by atoms with Gasteiger partial charge >= 0.3 is 0 Å². The van der Waals surface area contributed by atoms with Crippen molar-refractivity contribution >= 4 is 5.91 Å². The van der Waals surface area contributed by atoms with Gasteiger partial charge in [0.15, 0.2) is 0 Å². The number of nitrogens with two attached hydrogens (primary N) is 1. The number of benzene rings is 1. The van der Waals surface area contributed by atoms with Crippen LogP contribution in [-0.4, -0.2) is 37.5 Å². The van der Waals surface area contributed by atoms with Gasteiger partial charge in [-0.25, -0.2) is 0 Å². The molecular weight excluding hydrogens is 262 g/mol. The van der Waals surface area contributed by atoms with Crippen LogP contribution < -0.4 is 11.1 Å². The summed E-state index contributed by atoms with van der Waals surface area (Å²) in [7, 11) is 2.11. The van der Waals surface area contributed by atoms with E-state index >= 15 is 0 Å². The average molecular weight is 291 g/mol. The molecule has 4 nitrogen and oxygen atoms in total. The van der Waals surface area contributed by atoms with Crippen molar-refractivity contribution in [2.24, 2.45) is 5.73 Å². The highest BCUT2D eigenvalue weighted by Crippen LogP contribution is 2.03. The number of rotatable bonds is 11. The first-order chi connectivity index (χ1) is 10.2. The third kappa shape index (κ3) is 9.21. The zero-order valence-electron chi connectivity index (χ0n) is 13.2. The zero-order chi connectivity index (χ0) is 15.3. The number of carbonyl (C=O) groups is 1. The van der Waals surface area contributed by atoms with Crippen LogP contribution >= 0.6 is 0 Å². The number of unbranched alkanes of at least 4 members (excludes halogenated alkanes) is 2. The van der Waals surface area contributed by atoms with E-state index in [1.165, 1.54) is 5.56 Å². The molecule has 0 aliphatic rings. The number of carbonyl (C=O) groups excluding carboxylic acids is 1. The van der Waals surface area contributed by atoms with E-state index in [0.717, 1.165) is 51.9 Å². The van der Waals surface area contributed by atoms with Crippen LogP contribution in [0.4, 0.5) is 0 Å². The Kier molecular flexibility index (Phi) is 9.49. The van der Waals surface area contributed by atoms with Crippen molar-refractivity contribution in [2.45, 2.75) is 38.6 Å². The first-order valence-electron chi connectivity index (χ1n) is 7.91. The molecule has 0 bridgehead atoms. The van der Waals surface area contributed by atoms with Crippen LogP contribution in [0.25, 0.3) is 0 Å². The molecule has 4 heteroatoms. The maximum Gasteiger partial charge on any atom is 0.219 e. The van der Waals surface area contributed by atoms with Gasteiger partial charge in [0, 0.05) is 19.5 Å². The van der Waals surface area contributed by atoms with Crippen molar-refractivity contribution in [3.8, 4) is 0 Å². The first-order valence-corrected chi connectivity index (χ1v) is 7.91. The number of nitrogens with zero attached hydrogens (tertiary/aromatic N) is 1. The molecule has 0 aliphatic carbocycles. The van der Waals surface area contributed by atoms with E-state index in [2.05, 4.69) is 41.5 Å². The van der Waals surface area contributed by atoms with Gasteiger partial charge in [-0.3, -0.25) is 4.79 Å². The van der Waals surface area contributed by atoms with Crippen LogP contribution in [0.1, 0.15) is 37.7 Å². The topological polar surface area (TPSA) is 58.4 Å². The maximum atomic E-state index is 11.6. The third-order valence-electron chi connectivity index (χ3n) is 3.44. The summed E-state index contributed by atoms with van der Waals surface area (Å²) in [5.41, 5.74) is 6.75. The molecule has 0 aromatic heterocycles. The summed E-state index contributed by atoms with van der Waals surface area (Å²) in [6.07, 6.45) is 4.61. The van der Waals surface area contributed by atoms with Crippen molar-refractivity contribution in [2.75, 3.05) is 26.7 Å². The highest BCUT2D eigenvalue weighted by atomic mass is 16.1. The van der Waals surface area contributed by atoms with Crippen LogP contribution in [0.5, 0.6) is 0 Å². The van der Waals surface area contributed by atoms with Gasteiger partial charge in [0.05, 0.1) is 0 Å². The Balaban J connectivity index is 2.01. The van der Waals surface area contributed by atoms with Crippen molar-refractivity contribution in [1.29, 1.82) is 0 Å². The summed E-state index contributed by atoms with van der Waals surface area (Å²) in [4.78, 5) is 13.9. The largest absolute Gasteiger partial charge is 0.356 e. The number of hydrogen-bond donors (Lipinski definition) is 2. The Morgan fingerprint density at radius 3 is 2.62 bits per heavy atom. The molecule has 0 atom stereocenters. The van der Waals surface area contributed by atoms with Crippen LogP contribution in [0, 0.1) is 0 Å². The van der Waals surface area contributed by atoms with E-state index < -0.39 is 0 Å². The second-order valence-corrected chi connectivity index (χ2v) is 5.53. The molecule has 0 spiro atoms. The lowest BCUT2D eigenvalue weighted by atomic mass is 10.2. The molecule has 118 valence electrons. The van der Waals surface area contributed by atoms with Crippen molar-refractivity contribution < 1.29 is 4.79 Å². The Morgan fingerprint density at radius 2 is 1.90 bits per heavy atom. The van der Waals surface area contributed by atoms with Gasteiger partial charge in [-0.2, -0.15) is 0 Å². The Labute approximate surface area is 128 Å².